The normalized spacial score (nSPS) is 12.1. The van der Waals surface area contributed by atoms with E-state index < -0.39 is 34.8 Å². The lowest BCUT2D eigenvalue weighted by Crippen LogP contribution is -2.40. The lowest BCUT2D eigenvalue weighted by atomic mass is 10.1. The summed E-state index contributed by atoms with van der Waals surface area (Å²) in [7, 11) is 0. The average molecular weight is 324 g/mol. The Bertz CT molecular complexity index is 645. The van der Waals surface area contributed by atoms with Crippen LogP contribution in [0, 0.1) is 15.9 Å². The summed E-state index contributed by atoms with van der Waals surface area (Å²) >= 11 is 0. The molecule has 1 atom stereocenters. The number of benzene rings is 1. The first kappa shape index (κ1) is 18.3. The maximum atomic E-state index is 13.1. The monoisotopic (exact) mass is 324 g/mol. The van der Waals surface area contributed by atoms with Crippen LogP contribution in [0.25, 0.3) is 6.08 Å². The second-order valence-electron chi connectivity index (χ2n) is 4.91. The van der Waals surface area contributed by atoms with Crippen LogP contribution in [-0.4, -0.2) is 39.4 Å². The van der Waals surface area contributed by atoms with Crippen molar-refractivity contribution in [1.29, 1.82) is 0 Å². The zero-order valence-electron chi connectivity index (χ0n) is 12.7. The molecule has 0 radical (unpaired) electrons. The van der Waals surface area contributed by atoms with Crippen molar-refractivity contribution in [2.24, 2.45) is 0 Å². The number of halogens is 1. The van der Waals surface area contributed by atoms with Gasteiger partial charge in [0.1, 0.15) is 12.4 Å². The fourth-order valence-electron chi connectivity index (χ4n) is 1.89. The Kier molecular flexibility index (Phi) is 6.37. The maximum Gasteiger partial charge on any atom is 0.323 e. The number of rotatable bonds is 7. The molecule has 23 heavy (non-hydrogen) atoms. The van der Waals surface area contributed by atoms with Gasteiger partial charge in [-0.25, -0.2) is 4.39 Å². The van der Waals surface area contributed by atoms with E-state index in [0.717, 1.165) is 23.1 Å². The van der Waals surface area contributed by atoms with E-state index in [0.29, 0.717) is 6.42 Å². The molecule has 0 aliphatic rings. The van der Waals surface area contributed by atoms with Crippen LogP contribution < -0.4 is 0 Å². The molecule has 124 valence electrons. The SMILES string of the molecule is CCC(C)N(CC(=O)O)C(=O)C=Cc1ccc(F)cc1[N+](=O)[O-]. The van der Waals surface area contributed by atoms with E-state index in [1.807, 2.05) is 0 Å². The molecule has 0 aliphatic carbocycles. The molecule has 0 fully saturated rings. The molecule has 1 rings (SSSR count). The molecule has 1 N–H and O–H groups in total. The molecule has 0 saturated heterocycles. The van der Waals surface area contributed by atoms with Crippen LogP contribution in [0.3, 0.4) is 0 Å². The summed E-state index contributed by atoms with van der Waals surface area (Å²) in [6.07, 6.45) is 2.79. The van der Waals surface area contributed by atoms with Gasteiger partial charge in [-0.15, -0.1) is 0 Å². The zero-order valence-corrected chi connectivity index (χ0v) is 12.7. The molecule has 1 unspecified atom stereocenters. The van der Waals surface area contributed by atoms with Gasteiger partial charge in [0.2, 0.25) is 5.91 Å². The second-order valence-corrected chi connectivity index (χ2v) is 4.91. The summed E-state index contributed by atoms with van der Waals surface area (Å²) < 4.78 is 13.1. The molecular weight excluding hydrogens is 307 g/mol. The van der Waals surface area contributed by atoms with Gasteiger partial charge in [0.15, 0.2) is 0 Å². The summed E-state index contributed by atoms with van der Waals surface area (Å²) in [6, 6.07) is 2.68. The van der Waals surface area contributed by atoms with E-state index in [9.17, 15) is 24.1 Å². The Morgan fingerprint density at radius 2 is 2.13 bits per heavy atom. The number of aliphatic carboxylic acids is 1. The number of carboxylic acid groups (broad SMARTS) is 1. The van der Waals surface area contributed by atoms with Gasteiger partial charge >= 0.3 is 5.97 Å². The van der Waals surface area contributed by atoms with E-state index in [1.165, 1.54) is 12.1 Å². The van der Waals surface area contributed by atoms with Gasteiger partial charge in [-0.2, -0.15) is 0 Å². The highest BCUT2D eigenvalue weighted by atomic mass is 19.1. The standard InChI is InChI=1S/C15H17FN2O5/c1-3-10(2)17(9-15(20)21)14(19)7-5-11-4-6-12(16)8-13(11)18(22)23/h4-8,10H,3,9H2,1-2H3,(H,20,21). The summed E-state index contributed by atoms with van der Waals surface area (Å²) in [5, 5.41) is 19.7. The number of amides is 1. The summed E-state index contributed by atoms with van der Waals surface area (Å²) in [5.41, 5.74) is -0.411. The van der Waals surface area contributed by atoms with Crippen LogP contribution in [0.4, 0.5) is 10.1 Å². The number of nitrogens with zero attached hydrogens (tertiary/aromatic N) is 2. The molecule has 1 aromatic carbocycles. The highest BCUT2D eigenvalue weighted by Gasteiger charge is 2.20. The van der Waals surface area contributed by atoms with E-state index in [1.54, 1.807) is 13.8 Å². The van der Waals surface area contributed by atoms with Crippen LogP contribution in [-0.2, 0) is 9.59 Å². The molecule has 7 nitrogen and oxygen atoms in total. The molecule has 0 aromatic heterocycles. The van der Waals surface area contributed by atoms with Crippen molar-refractivity contribution >= 4 is 23.6 Å². The maximum absolute atomic E-state index is 13.1. The van der Waals surface area contributed by atoms with Crippen molar-refractivity contribution in [3.63, 3.8) is 0 Å². The smallest absolute Gasteiger partial charge is 0.323 e. The Labute approximate surface area is 132 Å². The van der Waals surface area contributed by atoms with Crippen LogP contribution in [0.5, 0.6) is 0 Å². The van der Waals surface area contributed by atoms with Crippen molar-refractivity contribution in [2.75, 3.05) is 6.54 Å². The predicted octanol–water partition coefficient (Wildman–Crippen LogP) is 2.46. The number of nitro groups is 1. The van der Waals surface area contributed by atoms with Crippen molar-refractivity contribution in [1.82, 2.24) is 4.90 Å². The van der Waals surface area contributed by atoms with Gasteiger partial charge < -0.3 is 10.0 Å². The topological polar surface area (TPSA) is 101 Å². The Morgan fingerprint density at radius 3 is 2.65 bits per heavy atom. The van der Waals surface area contributed by atoms with Crippen LogP contribution in [0.15, 0.2) is 24.3 Å². The van der Waals surface area contributed by atoms with Gasteiger partial charge in [-0.1, -0.05) is 6.92 Å². The fourth-order valence-corrected chi connectivity index (χ4v) is 1.89. The van der Waals surface area contributed by atoms with Gasteiger partial charge in [0.05, 0.1) is 16.6 Å². The van der Waals surface area contributed by atoms with Gasteiger partial charge in [-0.3, -0.25) is 19.7 Å². The van der Waals surface area contributed by atoms with E-state index in [2.05, 4.69) is 0 Å². The van der Waals surface area contributed by atoms with E-state index in [4.69, 9.17) is 5.11 Å². The third kappa shape index (κ3) is 5.17. The minimum atomic E-state index is -1.15. The number of carbonyl (C=O) groups excluding carboxylic acids is 1. The minimum absolute atomic E-state index is 0.0594. The molecule has 1 amide bonds. The number of carboxylic acids is 1. The molecule has 0 saturated carbocycles. The van der Waals surface area contributed by atoms with Crippen molar-refractivity contribution in [2.45, 2.75) is 26.3 Å². The van der Waals surface area contributed by atoms with Crippen LogP contribution in [0.2, 0.25) is 0 Å². The summed E-state index contributed by atoms with van der Waals surface area (Å²) in [6.45, 7) is 3.04. The van der Waals surface area contributed by atoms with Crippen molar-refractivity contribution < 1.29 is 24.0 Å². The Hall–Kier alpha value is -2.77. The number of nitro benzene ring substituents is 1. The second kappa shape index (κ2) is 8.02. The zero-order chi connectivity index (χ0) is 17.6. The summed E-state index contributed by atoms with van der Waals surface area (Å²) in [5.74, 6) is -2.49. The van der Waals surface area contributed by atoms with E-state index in [-0.39, 0.29) is 11.6 Å². The molecule has 0 bridgehead atoms. The Morgan fingerprint density at radius 1 is 1.48 bits per heavy atom. The van der Waals surface area contributed by atoms with Gasteiger partial charge in [0, 0.05) is 12.1 Å². The molecule has 0 aliphatic heterocycles. The highest BCUT2D eigenvalue weighted by Crippen LogP contribution is 2.21. The highest BCUT2D eigenvalue weighted by molar-refractivity contribution is 5.94. The number of hydrogen-bond acceptors (Lipinski definition) is 4. The molecule has 0 spiro atoms. The first-order valence-corrected chi connectivity index (χ1v) is 6.90. The minimum Gasteiger partial charge on any atom is -0.480 e. The van der Waals surface area contributed by atoms with E-state index >= 15 is 0 Å². The molecule has 0 heterocycles. The quantitative estimate of drug-likeness (QED) is 0.471. The Balaban J connectivity index is 3.04. The lowest BCUT2D eigenvalue weighted by molar-refractivity contribution is -0.385. The van der Waals surface area contributed by atoms with Crippen LogP contribution in [0.1, 0.15) is 25.8 Å². The lowest BCUT2D eigenvalue weighted by Gasteiger charge is -2.25. The third-order valence-corrected chi connectivity index (χ3v) is 3.31. The third-order valence-electron chi connectivity index (χ3n) is 3.31. The average Bonchev–Trinajstić information content (AvgIpc) is 2.49. The van der Waals surface area contributed by atoms with Gasteiger partial charge in [0.25, 0.3) is 5.69 Å². The van der Waals surface area contributed by atoms with Crippen LogP contribution >= 0.6 is 0 Å². The first-order chi connectivity index (χ1) is 10.8. The summed E-state index contributed by atoms with van der Waals surface area (Å²) in [4.78, 5) is 34.3. The first-order valence-electron chi connectivity index (χ1n) is 6.90. The molecule has 8 heteroatoms. The largest absolute Gasteiger partial charge is 0.480 e. The predicted molar refractivity (Wildman–Crippen MR) is 81.2 cm³/mol. The molecule has 1 aromatic rings. The fraction of sp³-hybridized carbons (Fsp3) is 0.333. The number of carbonyl (C=O) groups is 2. The number of hydrogen-bond donors (Lipinski definition) is 1. The van der Waals surface area contributed by atoms with Crippen molar-refractivity contribution in [3.8, 4) is 0 Å². The van der Waals surface area contributed by atoms with Crippen molar-refractivity contribution in [3.05, 3.63) is 45.8 Å². The van der Waals surface area contributed by atoms with Gasteiger partial charge in [-0.05, 0) is 31.6 Å². The molecular formula is C15H17FN2O5.